The fraction of sp³-hybridized carbons (Fsp3) is 0.800. The molecule has 0 aliphatic rings. The second-order valence-electron chi connectivity index (χ2n) is 1.52. The second kappa shape index (κ2) is 5.29. The van der Waals surface area contributed by atoms with E-state index >= 15 is 0 Å². The van der Waals surface area contributed by atoms with Gasteiger partial charge < -0.3 is 0 Å². The molecule has 1 nitrogen and oxygen atoms in total. The summed E-state index contributed by atoms with van der Waals surface area (Å²) < 4.78 is 0. The highest BCUT2D eigenvalue weighted by atomic mass is 32.2. The Morgan fingerprint density at radius 2 is 2.50 bits per heavy atom. The summed E-state index contributed by atoms with van der Waals surface area (Å²) in [6, 6.07) is 0.336. The molecule has 0 bridgehead atoms. The van der Waals surface area contributed by atoms with Gasteiger partial charge in [-0.25, -0.2) is 4.99 Å². The number of thiocarbonyl (C=S) groups is 1. The van der Waals surface area contributed by atoms with Gasteiger partial charge in [0, 0.05) is 5.75 Å². The SMILES string of the molecule is CSCC(C)N=C=S. The van der Waals surface area contributed by atoms with E-state index in [9.17, 15) is 0 Å². The number of isothiocyanates is 1. The van der Waals surface area contributed by atoms with Crippen molar-refractivity contribution >= 4 is 29.1 Å². The largest absolute Gasteiger partial charge is 0.229 e. The first-order valence-corrected chi connectivity index (χ1v) is 4.17. The number of thioether (sulfide) groups is 1. The Labute approximate surface area is 59.6 Å². The van der Waals surface area contributed by atoms with Crippen molar-refractivity contribution in [3.63, 3.8) is 0 Å². The smallest absolute Gasteiger partial charge is 0.0664 e. The van der Waals surface area contributed by atoms with E-state index in [-0.39, 0.29) is 0 Å². The molecule has 0 aromatic rings. The van der Waals surface area contributed by atoms with Crippen molar-refractivity contribution in [3.8, 4) is 0 Å². The maximum atomic E-state index is 4.42. The lowest BCUT2D eigenvalue weighted by Crippen LogP contribution is -1.99. The number of rotatable bonds is 3. The van der Waals surface area contributed by atoms with Gasteiger partial charge in [-0.1, -0.05) is 0 Å². The molecule has 0 radical (unpaired) electrons. The fourth-order valence-electron chi connectivity index (χ4n) is 0.368. The van der Waals surface area contributed by atoms with E-state index in [1.807, 2.05) is 6.92 Å². The molecule has 0 fully saturated rings. The van der Waals surface area contributed by atoms with Crippen molar-refractivity contribution in [1.82, 2.24) is 0 Å². The van der Waals surface area contributed by atoms with E-state index < -0.39 is 0 Å². The molecule has 0 saturated heterocycles. The summed E-state index contributed by atoms with van der Waals surface area (Å²) in [5.74, 6) is 1.03. The molecular weight excluding hydrogens is 138 g/mol. The van der Waals surface area contributed by atoms with Crippen LogP contribution >= 0.6 is 24.0 Å². The normalized spacial score (nSPS) is 12.2. The van der Waals surface area contributed by atoms with Gasteiger partial charge >= 0.3 is 0 Å². The molecule has 0 amide bonds. The average molecular weight is 147 g/mol. The van der Waals surface area contributed by atoms with Crippen LogP contribution in [0.25, 0.3) is 0 Å². The van der Waals surface area contributed by atoms with E-state index in [2.05, 4.69) is 28.6 Å². The molecule has 0 heterocycles. The van der Waals surface area contributed by atoms with E-state index in [4.69, 9.17) is 0 Å². The zero-order valence-electron chi connectivity index (χ0n) is 5.05. The summed E-state index contributed by atoms with van der Waals surface area (Å²) in [6.45, 7) is 2.02. The van der Waals surface area contributed by atoms with Crippen molar-refractivity contribution < 1.29 is 0 Å². The van der Waals surface area contributed by atoms with Crippen LogP contribution in [0.3, 0.4) is 0 Å². The lowest BCUT2D eigenvalue weighted by Gasteiger charge is -1.97. The lowest BCUT2D eigenvalue weighted by atomic mass is 10.4. The van der Waals surface area contributed by atoms with Gasteiger partial charge in [0.05, 0.1) is 11.2 Å². The van der Waals surface area contributed by atoms with Crippen LogP contribution in [0.2, 0.25) is 0 Å². The van der Waals surface area contributed by atoms with E-state index in [1.54, 1.807) is 11.8 Å². The van der Waals surface area contributed by atoms with Crippen LogP contribution in [0.4, 0.5) is 0 Å². The molecule has 8 heavy (non-hydrogen) atoms. The number of hydrogen-bond acceptors (Lipinski definition) is 3. The summed E-state index contributed by atoms with van der Waals surface area (Å²) in [4.78, 5) is 3.86. The van der Waals surface area contributed by atoms with Crippen molar-refractivity contribution in [3.05, 3.63) is 0 Å². The number of hydrogen-bond donors (Lipinski definition) is 0. The molecule has 0 aliphatic carbocycles. The van der Waals surface area contributed by atoms with Crippen LogP contribution in [0, 0.1) is 0 Å². The van der Waals surface area contributed by atoms with Gasteiger partial charge in [0.1, 0.15) is 0 Å². The summed E-state index contributed by atoms with van der Waals surface area (Å²) in [7, 11) is 0. The lowest BCUT2D eigenvalue weighted by molar-refractivity contribution is 0.858. The second-order valence-corrected chi connectivity index (χ2v) is 2.62. The molecule has 0 N–H and O–H groups in total. The third-order valence-electron chi connectivity index (χ3n) is 0.681. The summed E-state index contributed by atoms with van der Waals surface area (Å²) >= 11 is 6.19. The van der Waals surface area contributed by atoms with Crippen LogP contribution < -0.4 is 0 Å². The fourth-order valence-corrected chi connectivity index (χ4v) is 1.11. The highest BCUT2D eigenvalue weighted by Gasteiger charge is 1.92. The molecule has 0 aromatic heterocycles. The maximum absolute atomic E-state index is 4.42. The van der Waals surface area contributed by atoms with E-state index in [1.165, 1.54) is 0 Å². The van der Waals surface area contributed by atoms with Gasteiger partial charge in [-0.15, -0.1) is 0 Å². The first-order chi connectivity index (χ1) is 3.81. The third kappa shape index (κ3) is 4.31. The summed E-state index contributed by atoms with van der Waals surface area (Å²) in [5.41, 5.74) is 0. The number of nitrogens with zero attached hydrogens (tertiary/aromatic N) is 1. The van der Waals surface area contributed by atoms with Gasteiger partial charge in [-0.2, -0.15) is 11.8 Å². The van der Waals surface area contributed by atoms with Gasteiger partial charge in [0.15, 0.2) is 0 Å². The number of aliphatic imine (C=N–C) groups is 1. The first-order valence-electron chi connectivity index (χ1n) is 2.37. The van der Waals surface area contributed by atoms with Gasteiger partial charge in [0.2, 0.25) is 0 Å². The Bertz CT molecular complexity index is 96.6. The Balaban J connectivity index is 3.31. The van der Waals surface area contributed by atoms with Crippen LogP contribution in [0.1, 0.15) is 6.92 Å². The Hall–Kier alpha value is 0.150. The van der Waals surface area contributed by atoms with E-state index in [0.717, 1.165) is 5.75 Å². The molecule has 0 rings (SSSR count). The summed E-state index contributed by atoms with van der Waals surface area (Å²) in [5, 5.41) is 2.35. The maximum Gasteiger partial charge on any atom is 0.0664 e. The molecule has 1 unspecified atom stereocenters. The Kier molecular flexibility index (Phi) is 5.39. The molecule has 0 spiro atoms. The van der Waals surface area contributed by atoms with Crippen molar-refractivity contribution in [1.29, 1.82) is 0 Å². The van der Waals surface area contributed by atoms with Gasteiger partial charge in [-0.05, 0) is 25.4 Å². The zero-order valence-corrected chi connectivity index (χ0v) is 6.68. The van der Waals surface area contributed by atoms with Crippen molar-refractivity contribution in [2.24, 2.45) is 4.99 Å². The van der Waals surface area contributed by atoms with Crippen LogP contribution in [-0.4, -0.2) is 23.2 Å². The van der Waals surface area contributed by atoms with Crippen molar-refractivity contribution in [2.45, 2.75) is 13.0 Å². The zero-order chi connectivity index (χ0) is 6.41. The standard InChI is InChI=1S/C5H9NS2/c1-5(3-8-2)6-4-7/h5H,3H2,1-2H3. The molecule has 3 heteroatoms. The minimum absolute atomic E-state index is 0.336. The molecular formula is C5H9NS2. The van der Waals surface area contributed by atoms with Crippen LogP contribution in [0.5, 0.6) is 0 Å². The minimum Gasteiger partial charge on any atom is -0.229 e. The first kappa shape index (κ1) is 8.15. The highest BCUT2D eigenvalue weighted by molar-refractivity contribution is 7.98. The predicted octanol–water partition coefficient (Wildman–Crippen LogP) is 1.84. The average Bonchev–Trinajstić information content (AvgIpc) is 1.68. The predicted molar refractivity (Wildman–Crippen MR) is 42.9 cm³/mol. The molecule has 0 aliphatic heterocycles. The monoisotopic (exact) mass is 147 g/mol. The Morgan fingerprint density at radius 3 is 2.88 bits per heavy atom. The highest BCUT2D eigenvalue weighted by Crippen LogP contribution is 1.98. The summed E-state index contributed by atoms with van der Waals surface area (Å²) in [6.07, 6.45) is 2.05. The quantitative estimate of drug-likeness (QED) is 0.446. The van der Waals surface area contributed by atoms with Gasteiger partial charge in [-0.3, -0.25) is 0 Å². The van der Waals surface area contributed by atoms with Crippen molar-refractivity contribution in [2.75, 3.05) is 12.0 Å². The topological polar surface area (TPSA) is 12.4 Å². The van der Waals surface area contributed by atoms with Gasteiger partial charge in [0.25, 0.3) is 0 Å². The third-order valence-corrected chi connectivity index (χ3v) is 1.60. The van der Waals surface area contributed by atoms with E-state index in [0.29, 0.717) is 6.04 Å². The molecule has 0 aromatic carbocycles. The minimum atomic E-state index is 0.336. The Morgan fingerprint density at radius 1 is 1.88 bits per heavy atom. The van der Waals surface area contributed by atoms with Crippen LogP contribution in [-0.2, 0) is 0 Å². The van der Waals surface area contributed by atoms with Crippen LogP contribution in [0.15, 0.2) is 4.99 Å². The molecule has 0 saturated carbocycles. The molecule has 1 atom stereocenters. The molecule has 46 valence electrons.